The van der Waals surface area contributed by atoms with Gasteiger partial charge in [0.25, 0.3) is 5.78 Å². The van der Waals surface area contributed by atoms with Crippen molar-refractivity contribution in [2.45, 2.75) is 26.7 Å². The van der Waals surface area contributed by atoms with E-state index in [2.05, 4.69) is 18.6 Å². The molecule has 1 aromatic carbocycles. The predicted molar refractivity (Wildman–Crippen MR) is 64.0 cm³/mol. The number of Topliss-reactive ketones (excluding diaryl/α,β-unsaturated/α-hetero) is 1. The molecule has 1 aliphatic carbocycles. The Kier molecular flexibility index (Phi) is 2.77. The minimum Gasteiger partial charge on any atom is -0.463 e. The topological polar surface area (TPSA) is 43.4 Å². The molecule has 0 saturated heterocycles. The average Bonchev–Trinajstić information content (AvgIpc) is 2.59. The monoisotopic (exact) mass is 232 g/mol. The highest BCUT2D eigenvalue weighted by molar-refractivity contribution is 6.40. The standard InChI is InChI=1S/C14H16O3/c1-14(2)7-10-5-4-9(6-11(10)8-14)12(15)13(16)17-3/h4-6H,7-8H2,1-3H3. The van der Waals surface area contributed by atoms with E-state index in [4.69, 9.17) is 0 Å². The first-order valence-electron chi connectivity index (χ1n) is 5.67. The van der Waals surface area contributed by atoms with Gasteiger partial charge in [-0.15, -0.1) is 0 Å². The van der Waals surface area contributed by atoms with Crippen molar-refractivity contribution in [1.82, 2.24) is 0 Å². The van der Waals surface area contributed by atoms with Gasteiger partial charge in [0, 0.05) is 5.56 Å². The summed E-state index contributed by atoms with van der Waals surface area (Å²) in [6.07, 6.45) is 1.97. The minimum atomic E-state index is -0.804. The van der Waals surface area contributed by atoms with Crippen LogP contribution in [0.25, 0.3) is 0 Å². The van der Waals surface area contributed by atoms with Gasteiger partial charge in [-0.2, -0.15) is 0 Å². The summed E-state index contributed by atoms with van der Waals surface area (Å²) in [6.45, 7) is 4.41. The van der Waals surface area contributed by atoms with E-state index < -0.39 is 11.8 Å². The summed E-state index contributed by atoms with van der Waals surface area (Å²) in [5.41, 5.74) is 3.12. The quantitative estimate of drug-likeness (QED) is 0.446. The molecule has 3 nitrogen and oxygen atoms in total. The van der Waals surface area contributed by atoms with Crippen molar-refractivity contribution in [3.63, 3.8) is 0 Å². The van der Waals surface area contributed by atoms with Crippen LogP contribution in [0.4, 0.5) is 0 Å². The van der Waals surface area contributed by atoms with Gasteiger partial charge in [0.1, 0.15) is 0 Å². The lowest BCUT2D eigenvalue weighted by atomic mass is 9.90. The molecular formula is C14H16O3. The number of carbonyl (C=O) groups excluding carboxylic acids is 2. The first-order chi connectivity index (χ1) is 7.93. The van der Waals surface area contributed by atoms with Crippen LogP contribution in [0, 0.1) is 5.41 Å². The maximum Gasteiger partial charge on any atom is 0.379 e. The molecule has 0 amide bonds. The third kappa shape index (κ3) is 2.23. The van der Waals surface area contributed by atoms with Crippen LogP contribution in [-0.4, -0.2) is 18.9 Å². The fourth-order valence-corrected chi connectivity index (χ4v) is 2.41. The Morgan fingerprint density at radius 1 is 1.18 bits per heavy atom. The molecule has 17 heavy (non-hydrogen) atoms. The first-order valence-corrected chi connectivity index (χ1v) is 5.67. The minimum absolute atomic E-state index is 0.245. The SMILES string of the molecule is COC(=O)C(=O)c1ccc2c(c1)CC(C)(C)C2. The van der Waals surface area contributed by atoms with Crippen LogP contribution in [0.15, 0.2) is 18.2 Å². The number of fused-ring (bicyclic) bond motifs is 1. The molecule has 0 spiro atoms. The van der Waals surface area contributed by atoms with Crippen LogP contribution >= 0.6 is 0 Å². The first kappa shape index (κ1) is 11.8. The molecule has 0 aliphatic heterocycles. The second kappa shape index (κ2) is 3.99. The van der Waals surface area contributed by atoms with Crippen molar-refractivity contribution >= 4 is 11.8 Å². The molecule has 0 unspecified atom stereocenters. The van der Waals surface area contributed by atoms with E-state index in [-0.39, 0.29) is 5.41 Å². The van der Waals surface area contributed by atoms with Gasteiger partial charge < -0.3 is 4.74 Å². The van der Waals surface area contributed by atoms with Gasteiger partial charge in [-0.3, -0.25) is 4.79 Å². The van der Waals surface area contributed by atoms with E-state index >= 15 is 0 Å². The van der Waals surface area contributed by atoms with Crippen molar-refractivity contribution in [2.24, 2.45) is 5.41 Å². The largest absolute Gasteiger partial charge is 0.463 e. The van der Waals surface area contributed by atoms with Gasteiger partial charge >= 0.3 is 5.97 Å². The Morgan fingerprint density at radius 3 is 2.47 bits per heavy atom. The molecule has 0 fully saturated rings. The molecule has 1 aromatic rings. The summed E-state index contributed by atoms with van der Waals surface area (Å²) in [4.78, 5) is 22.8. The third-order valence-electron chi connectivity index (χ3n) is 3.18. The van der Waals surface area contributed by atoms with E-state index in [9.17, 15) is 9.59 Å². The summed E-state index contributed by atoms with van der Waals surface area (Å²) in [5, 5.41) is 0. The number of benzene rings is 1. The van der Waals surface area contributed by atoms with Crippen molar-refractivity contribution in [3.8, 4) is 0 Å². The van der Waals surface area contributed by atoms with E-state index in [1.807, 2.05) is 12.1 Å². The van der Waals surface area contributed by atoms with Gasteiger partial charge in [0.15, 0.2) is 0 Å². The summed E-state index contributed by atoms with van der Waals surface area (Å²) in [5.74, 6) is -1.37. The van der Waals surface area contributed by atoms with Gasteiger partial charge in [-0.25, -0.2) is 4.79 Å². The maximum absolute atomic E-state index is 11.7. The predicted octanol–water partition coefficient (Wildman–Crippen LogP) is 2.17. The molecule has 0 aromatic heterocycles. The van der Waals surface area contributed by atoms with Crippen LogP contribution in [-0.2, 0) is 22.4 Å². The van der Waals surface area contributed by atoms with Crippen LogP contribution in [0.2, 0.25) is 0 Å². The molecule has 0 N–H and O–H groups in total. The molecule has 0 bridgehead atoms. The molecule has 2 rings (SSSR count). The lowest BCUT2D eigenvalue weighted by Gasteiger charge is -2.14. The molecule has 90 valence electrons. The van der Waals surface area contributed by atoms with Crippen molar-refractivity contribution in [1.29, 1.82) is 0 Å². The highest BCUT2D eigenvalue weighted by Gasteiger charge is 2.29. The zero-order chi connectivity index (χ0) is 12.6. The average molecular weight is 232 g/mol. The number of methoxy groups -OCH3 is 1. The molecule has 3 heteroatoms. The Hall–Kier alpha value is -1.64. The van der Waals surface area contributed by atoms with Crippen molar-refractivity contribution in [3.05, 3.63) is 34.9 Å². The van der Waals surface area contributed by atoms with Gasteiger partial charge in [-0.1, -0.05) is 26.0 Å². The van der Waals surface area contributed by atoms with E-state index in [0.29, 0.717) is 5.56 Å². The zero-order valence-electron chi connectivity index (χ0n) is 10.4. The molecular weight excluding hydrogens is 216 g/mol. The van der Waals surface area contributed by atoms with Gasteiger partial charge in [0.2, 0.25) is 0 Å². The number of hydrogen-bond acceptors (Lipinski definition) is 3. The lowest BCUT2D eigenvalue weighted by molar-refractivity contribution is -0.135. The van der Waals surface area contributed by atoms with Crippen molar-refractivity contribution in [2.75, 3.05) is 7.11 Å². The summed E-state index contributed by atoms with van der Waals surface area (Å²) in [6, 6.07) is 5.48. The maximum atomic E-state index is 11.7. The highest BCUT2D eigenvalue weighted by atomic mass is 16.5. The summed E-state index contributed by atoms with van der Waals surface area (Å²) >= 11 is 0. The molecule has 0 saturated carbocycles. The second-order valence-corrected chi connectivity index (χ2v) is 5.32. The zero-order valence-corrected chi connectivity index (χ0v) is 10.4. The molecule has 1 aliphatic rings. The number of ketones is 1. The Labute approximate surface area is 101 Å². The second-order valence-electron chi connectivity index (χ2n) is 5.32. The number of hydrogen-bond donors (Lipinski definition) is 0. The Morgan fingerprint density at radius 2 is 1.82 bits per heavy atom. The smallest absolute Gasteiger partial charge is 0.379 e. The fourth-order valence-electron chi connectivity index (χ4n) is 2.41. The number of rotatable bonds is 2. The van der Waals surface area contributed by atoms with Gasteiger partial charge in [0.05, 0.1) is 7.11 Å². The van der Waals surface area contributed by atoms with E-state index in [1.165, 1.54) is 18.2 Å². The van der Waals surface area contributed by atoms with Crippen LogP contribution in [0.1, 0.15) is 35.3 Å². The molecule has 0 heterocycles. The van der Waals surface area contributed by atoms with Crippen LogP contribution in [0.3, 0.4) is 0 Å². The van der Waals surface area contributed by atoms with E-state index in [1.54, 1.807) is 6.07 Å². The van der Waals surface area contributed by atoms with Crippen molar-refractivity contribution < 1.29 is 14.3 Å². The summed E-state index contributed by atoms with van der Waals surface area (Å²) in [7, 11) is 1.22. The fraction of sp³-hybridized carbons (Fsp3) is 0.429. The molecule has 0 atom stereocenters. The Bertz CT molecular complexity index is 486. The van der Waals surface area contributed by atoms with Gasteiger partial charge in [-0.05, 0) is 35.4 Å². The number of esters is 1. The molecule has 0 radical (unpaired) electrons. The number of carbonyl (C=O) groups is 2. The Balaban J connectivity index is 2.31. The third-order valence-corrected chi connectivity index (χ3v) is 3.18. The van der Waals surface area contributed by atoms with E-state index in [0.717, 1.165) is 12.8 Å². The summed E-state index contributed by atoms with van der Waals surface area (Å²) < 4.78 is 4.44. The van der Waals surface area contributed by atoms with Crippen LogP contribution < -0.4 is 0 Å². The number of ether oxygens (including phenoxy) is 1. The lowest BCUT2D eigenvalue weighted by Crippen LogP contribution is -2.15. The normalized spacial score (nSPS) is 16.4. The van der Waals surface area contributed by atoms with Crippen LogP contribution in [0.5, 0.6) is 0 Å². The highest BCUT2D eigenvalue weighted by Crippen LogP contribution is 2.36.